The molecule has 0 saturated heterocycles. The summed E-state index contributed by atoms with van der Waals surface area (Å²) in [7, 11) is 0. The third-order valence-electron chi connectivity index (χ3n) is 3.92. The van der Waals surface area contributed by atoms with E-state index in [0.717, 1.165) is 17.1 Å². The molecule has 2 N–H and O–H groups in total. The molecule has 7 heteroatoms. The Labute approximate surface area is 144 Å². The lowest BCUT2D eigenvalue weighted by Crippen LogP contribution is -2.25. The van der Waals surface area contributed by atoms with Crippen molar-refractivity contribution in [3.05, 3.63) is 63.9 Å². The number of benzene rings is 1. The number of imidazole rings is 1. The van der Waals surface area contributed by atoms with Crippen molar-refractivity contribution in [2.24, 2.45) is 0 Å². The van der Waals surface area contributed by atoms with Crippen LogP contribution < -0.4 is 5.32 Å². The molecule has 1 atom stereocenters. The molecule has 0 saturated carbocycles. The summed E-state index contributed by atoms with van der Waals surface area (Å²) < 4.78 is 15.6. The van der Waals surface area contributed by atoms with Crippen LogP contribution in [0.5, 0.6) is 0 Å². The summed E-state index contributed by atoms with van der Waals surface area (Å²) in [6.45, 7) is 4.22. The number of rotatable bonds is 5. The molecule has 3 rings (SSSR count). The third-order valence-corrected chi connectivity index (χ3v) is 4.23. The van der Waals surface area contributed by atoms with E-state index in [1.165, 1.54) is 12.1 Å². The van der Waals surface area contributed by atoms with Gasteiger partial charge < -0.3 is 10.4 Å². The fourth-order valence-electron chi connectivity index (χ4n) is 2.77. The fourth-order valence-corrected chi connectivity index (χ4v) is 2.88. The van der Waals surface area contributed by atoms with Crippen molar-refractivity contribution in [3.8, 4) is 0 Å². The summed E-state index contributed by atoms with van der Waals surface area (Å²) >= 11 is 5.71. The quantitative estimate of drug-likeness (QED) is 0.744. The first-order chi connectivity index (χ1) is 11.5. The van der Waals surface area contributed by atoms with Crippen LogP contribution in [-0.2, 0) is 6.54 Å². The molecule has 0 radical (unpaired) electrons. The van der Waals surface area contributed by atoms with E-state index >= 15 is 0 Å². The minimum absolute atomic E-state index is 0.0642. The number of aliphatic hydroxyl groups is 1. The smallest absolute Gasteiger partial charge is 0.234 e. The van der Waals surface area contributed by atoms with Crippen LogP contribution >= 0.6 is 11.6 Å². The lowest BCUT2D eigenvalue weighted by Gasteiger charge is -2.17. The molecular weight excluding hydrogens is 331 g/mol. The predicted molar refractivity (Wildman–Crippen MR) is 90.5 cm³/mol. The molecule has 1 aromatic carbocycles. The van der Waals surface area contributed by atoms with E-state index in [9.17, 15) is 9.50 Å². The van der Waals surface area contributed by atoms with Gasteiger partial charge in [-0.25, -0.2) is 14.4 Å². The van der Waals surface area contributed by atoms with Gasteiger partial charge in [0.15, 0.2) is 0 Å². The van der Waals surface area contributed by atoms with Gasteiger partial charge in [0.1, 0.15) is 5.82 Å². The van der Waals surface area contributed by atoms with Crippen molar-refractivity contribution < 1.29 is 9.50 Å². The Morgan fingerprint density at radius 1 is 1.33 bits per heavy atom. The highest BCUT2D eigenvalue weighted by Crippen LogP contribution is 2.21. The van der Waals surface area contributed by atoms with Gasteiger partial charge in [-0.1, -0.05) is 17.7 Å². The van der Waals surface area contributed by atoms with Gasteiger partial charge in [-0.2, -0.15) is 0 Å². The zero-order valence-electron chi connectivity index (χ0n) is 13.4. The van der Waals surface area contributed by atoms with E-state index in [1.807, 2.05) is 24.3 Å². The van der Waals surface area contributed by atoms with Crippen LogP contribution in [-0.4, -0.2) is 26.1 Å². The van der Waals surface area contributed by atoms with Crippen LogP contribution in [0.4, 0.5) is 4.39 Å². The van der Waals surface area contributed by atoms with E-state index in [2.05, 4.69) is 15.3 Å². The first kappa shape index (κ1) is 16.8. The standard InChI is InChI=1S/C17H18ClFN4O/c1-10-5-11(2)23-13(8-21-17(23)22-10)7-20-16(9-24)12-3-4-14(18)15(19)6-12/h3-6,8,16,20,24H,7,9H2,1-2H3. The molecule has 126 valence electrons. The van der Waals surface area contributed by atoms with Crippen molar-refractivity contribution in [2.45, 2.75) is 26.4 Å². The monoisotopic (exact) mass is 348 g/mol. The zero-order chi connectivity index (χ0) is 17.3. The predicted octanol–water partition coefficient (Wildman–Crippen LogP) is 2.96. The maximum atomic E-state index is 13.6. The number of fused-ring (bicyclic) bond motifs is 1. The SMILES string of the molecule is Cc1cc(C)n2c(CNC(CO)c3ccc(Cl)c(F)c3)cnc2n1. The Morgan fingerprint density at radius 2 is 2.12 bits per heavy atom. The molecule has 0 fully saturated rings. The number of aromatic nitrogens is 3. The fraction of sp³-hybridized carbons (Fsp3) is 0.294. The summed E-state index contributed by atoms with van der Waals surface area (Å²) in [5, 5.41) is 12.9. The van der Waals surface area contributed by atoms with Crippen molar-refractivity contribution in [1.29, 1.82) is 0 Å². The van der Waals surface area contributed by atoms with Gasteiger partial charge in [0.05, 0.1) is 29.6 Å². The minimum Gasteiger partial charge on any atom is -0.394 e. The highest BCUT2D eigenvalue weighted by Gasteiger charge is 2.14. The minimum atomic E-state index is -0.500. The highest BCUT2D eigenvalue weighted by molar-refractivity contribution is 6.30. The normalized spacial score (nSPS) is 12.7. The molecule has 0 aliphatic carbocycles. The summed E-state index contributed by atoms with van der Waals surface area (Å²) in [5.41, 5.74) is 3.50. The number of nitrogens with zero attached hydrogens (tertiary/aromatic N) is 3. The second-order valence-electron chi connectivity index (χ2n) is 5.71. The second-order valence-corrected chi connectivity index (χ2v) is 6.12. The highest BCUT2D eigenvalue weighted by atomic mass is 35.5. The summed E-state index contributed by atoms with van der Waals surface area (Å²) in [4.78, 5) is 8.71. The second kappa shape index (κ2) is 6.84. The Kier molecular flexibility index (Phi) is 4.80. The molecule has 5 nitrogen and oxygen atoms in total. The van der Waals surface area contributed by atoms with Crippen molar-refractivity contribution in [3.63, 3.8) is 0 Å². The van der Waals surface area contributed by atoms with Gasteiger partial charge in [-0.05, 0) is 37.6 Å². The van der Waals surface area contributed by atoms with E-state index in [-0.39, 0.29) is 11.6 Å². The summed E-state index contributed by atoms with van der Waals surface area (Å²) in [6, 6.07) is 6.10. The van der Waals surface area contributed by atoms with Gasteiger partial charge in [-0.15, -0.1) is 0 Å². The Balaban J connectivity index is 1.82. The zero-order valence-corrected chi connectivity index (χ0v) is 14.2. The molecular formula is C17H18ClFN4O. The van der Waals surface area contributed by atoms with Gasteiger partial charge in [0.25, 0.3) is 0 Å². The maximum Gasteiger partial charge on any atom is 0.234 e. The number of halogens is 2. The third kappa shape index (κ3) is 3.26. The van der Waals surface area contributed by atoms with E-state index < -0.39 is 11.9 Å². The molecule has 0 bridgehead atoms. The van der Waals surface area contributed by atoms with Gasteiger partial charge >= 0.3 is 0 Å². The van der Waals surface area contributed by atoms with Crippen LogP contribution in [0.2, 0.25) is 5.02 Å². The van der Waals surface area contributed by atoms with E-state index in [4.69, 9.17) is 11.6 Å². The van der Waals surface area contributed by atoms with Crippen LogP contribution in [0.25, 0.3) is 5.78 Å². The lowest BCUT2D eigenvalue weighted by atomic mass is 10.1. The van der Waals surface area contributed by atoms with Crippen LogP contribution in [0.1, 0.15) is 28.7 Å². The van der Waals surface area contributed by atoms with Crippen LogP contribution in [0, 0.1) is 19.7 Å². The average molecular weight is 349 g/mol. The van der Waals surface area contributed by atoms with E-state index in [0.29, 0.717) is 17.9 Å². The molecule has 24 heavy (non-hydrogen) atoms. The largest absolute Gasteiger partial charge is 0.394 e. The van der Waals surface area contributed by atoms with Crippen LogP contribution in [0.3, 0.4) is 0 Å². The number of hydrogen-bond donors (Lipinski definition) is 2. The maximum absolute atomic E-state index is 13.6. The van der Waals surface area contributed by atoms with Crippen molar-refractivity contribution in [1.82, 2.24) is 19.7 Å². The van der Waals surface area contributed by atoms with Gasteiger partial charge in [0, 0.05) is 17.9 Å². The molecule has 0 amide bonds. The molecule has 3 aromatic rings. The number of aryl methyl sites for hydroxylation is 2. The number of nitrogens with one attached hydrogen (secondary N) is 1. The summed E-state index contributed by atoms with van der Waals surface area (Å²) in [5.74, 6) is 0.141. The molecule has 0 aliphatic rings. The Morgan fingerprint density at radius 3 is 2.83 bits per heavy atom. The van der Waals surface area contributed by atoms with Crippen LogP contribution in [0.15, 0.2) is 30.5 Å². The number of aliphatic hydroxyl groups excluding tert-OH is 1. The van der Waals surface area contributed by atoms with Crippen molar-refractivity contribution >= 4 is 17.4 Å². The molecule has 1 unspecified atom stereocenters. The van der Waals surface area contributed by atoms with Gasteiger partial charge in [-0.3, -0.25) is 4.40 Å². The first-order valence-corrected chi connectivity index (χ1v) is 7.97. The topological polar surface area (TPSA) is 62.5 Å². The Hall–Kier alpha value is -2.02. The van der Waals surface area contributed by atoms with Crippen molar-refractivity contribution in [2.75, 3.05) is 6.61 Å². The number of hydrogen-bond acceptors (Lipinski definition) is 4. The Bertz CT molecular complexity index is 880. The van der Waals surface area contributed by atoms with Gasteiger partial charge in [0.2, 0.25) is 5.78 Å². The molecule has 0 spiro atoms. The lowest BCUT2D eigenvalue weighted by molar-refractivity contribution is 0.243. The summed E-state index contributed by atoms with van der Waals surface area (Å²) in [6.07, 6.45) is 1.75. The first-order valence-electron chi connectivity index (χ1n) is 7.59. The van der Waals surface area contributed by atoms with E-state index in [1.54, 1.807) is 12.3 Å². The molecule has 2 heterocycles. The molecule has 0 aliphatic heterocycles. The average Bonchev–Trinajstić information content (AvgIpc) is 2.94. The molecule has 2 aromatic heterocycles.